The molecule has 0 spiro atoms. The molecule has 308 valence electrons. The van der Waals surface area contributed by atoms with E-state index in [1.165, 1.54) is 87.8 Å². The third-order valence-electron chi connectivity index (χ3n) is 14.4. The summed E-state index contributed by atoms with van der Waals surface area (Å²) in [6, 6.07) is 70.6. The Balaban J connectivity index is 1.04. The summed E-state index contributed by atoms with van der Waals surface area (Å²) in [5, 5.41) is 10.3. The summed E-state index contributed by atoms with van der Waals surface area (Å²) in [4.78, 5) is 17.8. The smallest absolute Gasteiger partial charge is 0.164 e. The van der Waals surface area contributed by atoms with Crippen molar-refractivity contribution >= 4 is 60.2 Å². The van der Waals surface area contributed by atoms with Gasteiger partial charge in [-0.3, -0.25) is 0 Å². The first kappa shape index (κ1) is 37.6. The van der Waals surface area contributed by atoms with Gasteiger partial charge in [0, 0.05) is 33.2 Å². The molecular formula is C61H44N4. The lowest BCUT2D eigenvalue weighted by molar-refractivity contribution is 0.628. The maximum atomic E-state index is 5.15. The molecule has 4 heteroatoms. The lowest BCUT2D eigenvalue weighted by atomic mass is 9.71. The Morgan fingerprint density at radius 1 is 0.323 bits per heavy atom. The highest BCUT2D eigenvalue weighted by Crippen LogP contribution is 2.59. The van der Waals surface area contributed by atoms with Crippen molar-refractivity contribution in [1.82, 2.24) is 15.0 Å². The van der Waals surface area contributed by atoms with Gasteiger partial charge in [0.1, 0.15) is 0 Å². The monoisotopic (exact) mass is 832 g/mol. The quantitative estimate of drug-likeness (QED) is 0.166. The molecule has 11 aromatic rings. The van der Waals surface area contributed by atoms with E-state index in [1.807, 2.05) is 36.4 Å². The third-order valence-corrected chi connectivity index (χ3v) is 14.4. The summed E-state index contributed by atoms with van der Waals surface area (Å²) in [6.45, 7) is 9.63. The molecular weight excluding hydrogens is 789 g/mol. The van der Waals surface area contributed by atoms with E-state index in [0.29, 0.717) is 17.5 Å². The van der Waals surface area contributed by atoms with Crippen molar-refractivity contribution in [1.29, 1.82) is 0 Å². The molecule has 0 amide bonds. The van der Waals surface area contributed by atoms with Crippen LogP contribution in [0.4, 0.5) is 17.1 Å². The molecule has 0 unspecified atom stereocenters. The molecule has 0 saturated carbocycles. The molecule has 2 heterocycles. The van der Waals surface area contributed by atoms with Crippen LogP contribution in [0.1, 0.15) is 49.9 Å². The highest BCUT2D eigenvalue weighted by atomic mass is 15.2. The second-order valence-corrected chi connectivity index (χ2v) is 18.8. The van der Waals surface area contributed by atoms with Gasteiger partial charge >= 0.3 is 0 Å². The predicted octanol–water partition coefficient (Wildman–Crippen LogP) is 15.9. The van der Waals surface area contributed by atoms with Crippen molar-refractivity contribution in [2.24, 2.45) is 0 Å². The molecule has 0 radical (unpaired) electrons. The van der Waals surface area contributed by atoms with Gasteiger partial charge in [-0.15, -0.1) is 0 Å². The molecule has 65 heavy (non-hydrogen) atoms. The minimum atomic E-state index is -0.312. The standard InChI is InChI=1S/C61H44N4/c1-60(2)51-34-48-46-29-16-14-27-44(46)43-26-13-15-28-45(43)47(48)33-49(51)50-35-54-56(36-52(50)60)65(55-32-40-23-12-11-22-39(40)31-53(55)61(54,3)4)42-25-17-24-41(30-42)59-63-57(37-18-7-5-8-19-37)62-58(64-59)38-20-9-6-10-21-38/h5-36H,1-4H3. The van der Waals surface area contributed by atoms with Crippen LogP contribution in [0, 0.1) is 0 Å². The maximum Gasteiger partial charge on any atom is 0.164 e. The zero-order valence-corrected chi connectivity index (χ0v) is 36.8. The lowest BCUT2D eigenvalue weighted by Crippen LogP contribution is -2.31. The van der Waals surface area contributed by atoms with Gasteiger partial charge in [-0.2, -0.15) is 0 Å². The van der Waals surface area contributed by atoms with Crippen LogP contribution in [0.3, 0.4) is 0 Å². The SMILES string of the molecule is CC1(C)c2cc3c(cc2-c2cc4c5ccccc5c5ccccc5c4cc21)C(C)(C)c1cc2ccccc2cc1N3c1cccc(-c2nc(-c3ccccc3)nc(-c3ccccc3)n2)c1. The first-order chi connectivity index (χ1) is 31.7. The Morgan fingerprint density at radius 2 is 0.754 bits per heavy atom. The van der Waals surface area contributed by atoms with Gasteiger partial charge in [0.25, 0.3) is 0 Å². The van der Waals surface area contributed by atoms with Crippen LogP contribution in [-0.4, -0.2) is 15.0 Å². The Bertz CT molecular complexity index is 3720. The van der Waals surface area contributed by atoms with E-state index in [9.17, 15) is 0 Å². The summed E-state index contributed by atoms with van der Waals surface area (Å²) in [7, 11) is 0. The molecule has 0 bridgehead atoms. The molecule has 0 N–H and O–H groups in total. The van der Waals surface area contributed by atoms with E-state index in [2.05, 4.69) is 190 Å². The summed E-state index contributed by atoms with van der Waals surface area (Å²) in [5.41, 5.74) is 13.6. The van der Waals surface area contributed by atoms with Crippen LogP contribution in [0.15, 0.2) is 194 Å². The van der Waals surface area contributed by atoms with Crippen molar-refractivity contribution < 1.29 is 0 Å². The van der Waals surface area contributed by atoms with Crippen LogP contribution >= 0.6 is 0 Å². The number of rotatable bonds is 4. The van der Waals surface area contributed by atoms with Crippen LogP contribution in [0.5, 0.6) is 0 Å². The van der Waals surface area contributed by atoms with Gasteiger partial charge in [-0.1, -0.05) is 173 Å². The number of benzene rings is 10. The number of nitrogens with zero attached hydrogens (tertiary/aromatic N) is 4. The van der Waals surface area contributed by atoms with E-state index >= 15 is 0 Å². The topological polar surface area (TPSA) is 41.9 Å². The van der Waals surface area contributed by atoms with Crippen LogP contribution in [0.2, 0.25) is 0 Å². The van der Waals surface area contributed by atoms with E-state index < -0.39 is 0 Å². The Hall–Kier alpha value is -7.95. The second-order valence-electron chi connectivity index (χ2n) is 18.8. The van der Waals surface area contributed by atoms with Gasteiger partial charge < -0.3 is 4.90 Å². The minimum Gasteiger partial charge on any atom is -0.310 e. The number of anilines is 3. The first-order valence-corrected chi connectivity index (χ1v) is 22.6. The van der Waals surface area contributed by atoms with E-state index in [0.717, 1.165) is 22.4 Å². The molecule has 1 aliphatic heterocycles. The lowest BCUT2D eigenvalue weighted by Gasteiger charge is -2.43. The number of aromatic nitrogens is 3. The fourth-order valence-electron chi connectivity index (χ4n) is 11.0. The van der Waals surface area contributed by atoms with Gasteiger partial charge in [0.15, 0.2) is 17.5 Å². The van der Waals surface area contributed by atoms with Gasteiger partial charge in [-0.25, -0.2) is 15.0 Å². The first-order valence-electron chi connectivity index (χ1n) is 22.6. The third kappa shape index (κ3) is 5.60. The summed E-state index contributed by atoms with van der Waals surface area (Å²) >= 11 is 0. The predicted molar refractivity (Wildman–Crippen MR) is 271 cm³/mol. The zero-order valence-electron chi connectivity index (χ0n) is 36.8. The Morgan fingerprint density at radius 3 is 1.37 bits per heavy atom. The molecule has 1 aromatic heterocycles. The van der Waals surface area contributed by atoms with Crippen molar-refractivity contribution in [2.45, 2.75) is 38.5 Å². The normalized spacial score (nSPS) is 14.4. The van der Waals surface area contributed by atoms with E-state index in [1.54, 1.807) is 0 Å². The second kappa shape index (κ2) is 13.8. The Labute approximate surface area is 378 Å². The number of hydrogen-bond donors (Lipinski definition) is 0. The van der Waals surface area contributed by atoms with Crippen LogP contribution in [0.25, 0.3) is 88.4 Å². The minimum absolute atomic E-state index is 0.255. The van der Waals surface area contributed by atoms with Crippen LogP contribution < -0.4 is 4.90 Å². The average molecular weight is 833 g/mol. The largest absolute Gasteiger partial charge is 0.310 e. The van der Waals surface area contributed by atoms with Crippen molar-refractivity contribution in [3.63, 3.8) is 0 Å². The Kier molecular flexibility index (Phi) is 7.97. The summed E-state index contributed by atoms with van der Waals surface area (Å²) in [6.07, 6.45) is 0. The zero-order chi connectivity index (χ0) is 43.6. The van der Waals surface area contributed by atoms with Crippen molar-refractivity contribution in [2.75, 3.05) is 4.90 Å². The molecule has 2 aliphatic rings. The maximum absolute atomic E-state index is 5.15. The number of fused-ring (bicyclic) bond motifs is 12. The van der Waals surface area contributed by atoms with Crippen molar-refractivity contribution in [3.05, 3.63) is 216 Å². The van der Waals surface area contributed by atoms with E-state index in [-0.39, 0.29) is 10.8 Å². The van der Waals surface area contributed by atoms with Gasteiger partial charge in [-0.05, 0) is 125 Å². The molecule has 0 fully saturated rings. The molecule has 10 aromatic carbocycles. The molecule has 4 nitrogen and oxygen atoms in total. The fourth-order valence-corrected chi connectivity index (χ4v) is 11.0. The summed E-state index contributed by atoms with van der Waals surface area (Å²) in [5.74, 6) is 1.93. The number of hydrogen-bond acceptors (Lipinski definition) is 4. The highest BCUT2D eigenvalue weighted by molar-refractivity contribution is 6.26. The summed E-state index contributed by atoms with van der Waals surface area (Å²) < 4.78 is 0. The average Bonchev–Trinajstić information content (AvgIpc) is 3.57. The molecule has 0 atom stereocenters. The van der Waals surface area contributed by atoms with E-state index in [4.69, 9.17) is 15.0 Å². The van der Waals surface area contributed by atoms with Gasteiger partial charge in [0.05, 0.1) is 11.4 Å². The van der Waals surface area contributed by atoms with Gasteiger partial charge in [0.2, 0.25) is 0 Å². The van der Waals surface area contributed by atoms with Crippen LogP contribution in [-0.2, 0) is 10.8 Å². The fraction of sp³-hybridized carbons (Fsp3) is 0.0984. The molecule has 13 rings (SSSR count). The highest BCUT2D eigenvalue weighted by Gasteiger charge is 2.43. The molecule has 0 saturated heterocycles. The van der Waals surface area contributed by atoms with Crippen molar-refractivity contribution in [3.8, 4) is 45.3 Å². The molecule has 1 aliphatic carbocycles.